The smallest absolute Gasteiger partial charge is 0.225 e. The number of halogens is 2. The van der Waals surface area contributed by atoms with Crippen molar-refractivity contribution >= 4 is 35.9 Å². The van der Waals surface area contributed by atoms with Crippen LogP contribution in [0.25, 0.3) is 0 Å². The summed E-state index contributed by atoms with van der Waals surface area (Å²) in [6, 6.07) is 7.84. The minimum atomic E-state index is -0.319. The molecule has 3 rings (SSSR count). The number of ether oxygens (including phenoxy) is 1. The molecule has 140 valence electrons. The maximum absolute atomic E-state index is 13.1. The van der Waals surface area contributed by atoms with Crippen molar-refractivity contribution in [1.82, 2.24) is 14.9 Å². The van der Waals surface area contributed by atoms with Crippen LogP contribution in [0.1, 0.15) is 0 Å². The fourth-order valence-electron chi connectivity index (χ4n) is 2.57. The van der Waals surface area contributed by atoms with E-state index in [-0.39, 0.29) is 29.8 Å². The first-order chi connectivity index (χ1) is 12.2. The number of nitrogens with two attached hydrogens (primary N) is 1. The van der Waals surface area contributed by atoms with Gasteiger partial charge in [0.05, 0.1) is 6.54 Å². The van der Waals surface area contributed by atoms with Gasteiger partial charge < -0.3 is 20.3 Å². The summed E-state index contributed by atoms with van der Waals surface area (Å²) in [4.78, 5) is 17.0. The van der Waals surface area contributed by atoms with Gasteiger partial charge in [0.15, 0.2) is 5.96 Å². The molecule has 1 saturated heterocycles. The molecular formula is C17H22FIN6O. The number of hydrogen-bond acceptors (Lipinski definition) is 5. The fraction of sp³-hybridized carbons (Fsp3) is 0.353. The van der Waals surface area contributed by atoms with Crippen LogP contribution in [-0.4, -0.2) is 60.2 Å². The largest absolute Gasteiger partial charge is 0.492 e. The number of benzene rings is 1. The van der Waals surface area contributed by atoms with Crippen LogP contribution >= 0.6 is 24.0 Å². The molecule has 1 aliphatic rings. The normalized spacial score (nSPS) is 14.7. The van der Waals surface area contributed by atoms with Crippen molar-refractivity contribution in [3.05, 3.63) is 48.5 Å². The Labute approximate surface area is 169 Å². The number of rotatable bonds is 5. The number of piperazine rings is 1. The summed E-state index contributed by atoms with van der Waals surface area (Å²) in [6.45, 7) is 3.88. The van der Waals surface area contributed by atoms with Crippen LogP contribution in [0.15, 0.2) is 47.7 Å². The monoisotopic (exact) mass is 472 g/mol. The van der Waals surface area contributed by atoms with Crippen molar-refractivity contribution in [2.24, 2.45) is 10.7 Å². The van der Waals surface area contributed by atoms with Crippen molar-refractivity contribution in [3.63, 3.8) is 0 Å². The van der Waals surface area contributed by atoms with Gasteiger partial charge in [-0.15, -0.1) is 24.0 Å². The van der Waals surface area contributed by atoms with E-state index in [4.69, 9.17) is 10.5 Å². The average molecular weight is 472 g/mol. The zero-order valence-electron chi connectivity index (χ0n) is 14.3. The Kier molecular flexibility index (Phi) is 7.82. The van der Waals surface area contributed by atoms with E-state index in [0.29, 0.717) is 24.9 Å². The molecule has 7 nitrogen and oxygen atoms in total. The first-order valence-electron chi connectivity index (χ1n) is 8.17. The van der Waals surface area contributed by atoms with E-state index in [1.165, 1.54) is 12.1 Å². The summed E-state index contributed by atoms with van der Waals surface area (Å²) in [5, 5.41) is 0. The number of aromatic nitrogens is 2. The molecule has 26 heavy (non-hydrogen) atoms. The molecule has 9 heteroatoms. The lowest BCUT2D eigenvalue weighted by molar-refractivity contribution is 0.324. The van der Waals surface area contributed by atoms with Crippen LogP contribution in [0.3, 0.4) is 0 Å². The second kappa shape index (κ2) is 10.1. The fourth-order valence-corrected chi connectivity index (χ4v) is 2.57. The molecule has 0 saturated carbocycles. The lowest BCUT2D eigenvalue weighted by atomic mass is 10.3. The Balaban J connectivity index is 0.00000243. The molecule has 2 aromatic rings. The summed E-state index contributed by atoms with van der Waals surface area (Å²) < 4.78 is 18.5. The third-order valence-corrected chi connectivity index (χ3v) is 3.87. The second-order valence-corrected chi connectivity index (χ2v) is 5.57. The van der Waals surface area contributed by atoms with Gasteiger partial charge in [0.2, 0.25) is 5.95 Å². The summed E-state index contributed by atoms with van der Waals surface area (Å²) in [6.07, 6.45) is 3.48. The highest BCUT2D eigenvalue weighted by atomic mass is 127. The highest BCUT2D eigenvalue weighted by molar-refractivity contribution is 14.0. The molecule has 1 fully saturated rings. The molecule has 0 aliphatic carbocycles. The van der Waals surface area contributed by atoms with Gasteiger partial charge in [0, 0.05) is 44.6 Å². The molecule has 0 radical (unpaired) electrons. The molecule has 2 N–H and O–H groups in total. The lowest BCUT2D eigenvalue weighted by Gasteiger charge is -2.35. The third-order valence-electron chi connectivity index (χ3n) is 3.87. The number of hydrogen-bond donors (Lipinski definition) is 1. The molecule has 0 amide bonds. The van der Waals surface area contributed by atoms with Crippen molar-refractivity contribution in [3.8, 4) is 5.75 Å². The Morgan fingerprint density at radius 2 is 1.88 bits per heavy atom. The summed E-state index contributed by atoms with van der Waals surface area (Å²) in [5.74, 6) is 1.41. The van der Waals surface area contributed by atoms with Gasteiger partial charge in [-0.2, -0.15) is 0 Å². The molecule has 1 aromatic heterocycles. The van der Waals surface area contributed by atoms with E-state index < -0.39 is 0 Å². The average Bonchev–Trinajstić information content (AvgIpc) is 2.66. The Morgan fingerprint density at radius 1 is 1.15 bits per heavy atom. The third kappa shape index (κ3) is 5.68. The first kappa shape index (κ1) is 20.1. The van der Waals surface area contributed by atoms with Crippen LogP contribution < -0.4 is 15.4 Å². The number of nitrogens with zero attached hydrogens (tertiary/aromatic N) is 5. The lowest BCUT2D eigenvalue weighted by Crippen LogP contribution is -2.51. The highest BCUT2D eigenvalue weighted by Gasteiger charge is 2.19. The van der Waals surface area contributed by atoms with Crippen LogP contribution in [0.2, 0.25) is 0 Å². The SMILES string of the molecule is I.NC(=NCCOc1cccc(F)c1)N1CCN(c2ncccn2)CC1. The van der Waals surface area contributed by atoms with Gasteiger partial charge in [-0.05, 0) is 18.2 Å². The van der Waals surface area contributed by atoms with Gasteiger partial charge in [-0.1, -0.05) is 6.07 Å². The molecule has 0 atom stereocenters. The van der Waals surface area contributed by atoms with E-state index >= 15 is 0 Å². The van der Waals surface area contributed by atoms with Crippen LogP contribution in [0.4, 0.5) is 10.3 Å². The molecule has 0 spiro atoms. The van der Waals surface area contributed by atoms with Crippen LogP contribution in [-0.2, 0) is 0 Å². The topological polar surface area (TPSA) is 79.9 Å². The standard InChI is InChI=1S/C17H21FN6O.HI/c18-14-3-1-4-15(13-14)25-12-7-20-16(19)23-8-10-24(11-9-23)17-21-5-2-6-22-17;/h1-6,13H,7-12H2,(H2,19,20);1H. The van der Waals surface area contributed by atoms with Crippen molar-refractivity contribution in [2.45, 2.75) is 0 Å². The predicted octanol–water partition coefficient (Wildman–Crippen LogP) is 1.75. The zero-order valence-corrected chi connectivity index (χ0v) is 16.6. The maximum Gasteiger partial charge on any atom is 0.225 e. The summed E-state index contributed by atoms with van der Waals surface area (Å²) in [5.41, 5.74) is 6.05. The first-order valence-corrected chi connectivity index (χ1v) is 8.17. The maximum atomic E-state index is 13.1. The van der Waals surface area contributed by atoms with E-state index in [1.807, 2.05) is 4.90 Å². The van der Waals surface area contributed by atoms with E-state index in [0.717, 1.165) is 32.1 Å². The number of guanidine groups is 1. The molecule has 0 unspecified atom stereocenters. The molecule has 2 heterocycles. The van der Waals surface area contributed by atoms with Crippen molar-refractivity contribution in [2.75, 3.05) is 44.2 Å². The Bertz CT molecular complexity index is 709. The summed E-state index contributed by atoms with van der Waals surface area (Å²) >= 11 is 0. The predicted molar refractivity (Wildman–Crippen MR) is 110 cm³/mol. The number of aliphatic imine (C=N–C) groups is 1. The molecular weight excluding hydrogens is 450 g/mol. The summed E-state index contributed by atoms with van der Waals surface area (Å²) in [7, 11) is 0. The van der Waals surface area contributed by atoms with E-state index in [9.17, 15) is 4.39 Å². The quantitative estimate of drug-likeness (QED) is 0.309. The van der Waals surface area contributed by atoms with E-state index in [2.05, 4.69) is 19.9 Å². The van der Waals surface area contributed by atoms with Gasteiger partial charge in [0.25, 0.3) is 0 Å². The van der Waals surface area contributed by atoms with Crippen molar-refractivity contribution in [1.29, 1.82) is 0 Å². The van der Waals surface area contributed by atoms with Crippen LogP contribution in [0.5, 0.6) is 5.75 Å². The minimum absolute atomic E-state index is 0. The Morgan fingerprint density at radius 3 is 2.58 bits per heavy atom. The number of anilines is 1. The van der Waals surface area contributed by atoms with Gasteiger partial charge in [-0.3, -0.25) is 0 Å². The Hall–Kier alpha value is -2.17. The molecule has 1 aromatic carbocycles. The van der Waals surface area contributed by atoms with Gasteiger partial charge in [0.1, 0.15) is 18.2 Å². The second-order valence-electron chi connectivity index (χ2n) is 5.57. The highest BCUT2D eigenvalue weighted by Crippen LogP contribution is 2.12. The van der Waals surface area contributed by atoms with Crippen molar-refractivity contribution < 1.29 is 9.13 Å². The molecule has 1 aliphatic heterocycles. The molecule has 0 bridgehead atoms. The van der Waals surface area contributed by atoms with Gasteiger partial charge in [-0.25, -0.2) is 19.4 Å². The van der Waals surface area contributed by atoms with Gasteiger partial charge >= 0.3 is 0 Å². The minimum Gasteiger partial charge on any atom is -0.492 e. The van der Waals surface area contributed by atoms with Crippen LogP contribution in [0, 0.1) is 5.82 Å². The zero-order chi connectivity index (χ0) is 17.5. The van der Waals surface area contributed by atoms with E-state index in [1.54, 1.807) is 30.6 Å².